The number of rotatable bonds is 2. The SMILES string of the molecule is CS(=O)(=O)NC1COc2ccc(Br)cc2C1=O. The van der Waals surface area contributed by atoms with Gasteiger partial charge in [-0.3, -0.25) is 4.79 Å². The fourth-order valence-corrected chi connectivity index (χ4v) is 2.66. The van der Waals surface area contributed by atoms with Crippen LogP contribution >= 0.6 is 15.9 Å². The second-order valence-corrected chi connectivity index (χ2v) is 6.45. The van der Waals surface area contributed by atoms with E-state index >= 15 is 0 Å². The van der Waals surface area contributed by atoms with Gasteiger partial charge >= 0.3 is 0 Å². The molecule has 17 heavy (non-hydrogen) atoms. The maximum atomic E-state index is 12.0. The van der Waals surface area contributed by atoms with Gasteiger partial charge in [0.2, 0.25) is 10.0 Å². The van der Waals surface area contributed by atoms with E-state index < -0.39 is 16.1 Å². The summed E-state index contributed by atoms with van der Waals surface area (Å²) in [6.07, 6.45) is 1.01. The van der Waals surface area contributed by atoms with Gasteiger partial charge in [0.15, 0.2) is 5.78 Å². The molecule has 0 aliphatic carbocycles. The lowest BCUT2D eigenvalue weighted by Gasteiger charge is -2.24. The van der Waals surface area contributed by atoms with Crippen molar-refractivity contribution in [3.05, 3.63) is 28.2 Å². The Bertz CT molecular complexity index is 570. The van der Waals surface area contributed by atoms with Crippen LogP contribution < -0.4 is 9.46 Å². The van der Waals surface area contributed by atoms with Crippen LogP contribution in [0.15, 0.2) is 22.7 Å². The van der Waals surface area contributed by atoms with Crippen LogP contribution in [0.1, 0.15) is 10.4 Å². The van der Waals surface area contributed by atoms with Crippen molar-refractivity contribution < 1.29 is 17.9 Å². The number of ketones is 1. The van der Waals surface area contributed by atoms with Gasteiger partial charge in [0.05, 0.1) is 11.8 Å². The zero-order valence-corrected chi connectivity index (χ0v) is 11.3. The number of hydrogen-bond acceptors (Lipinski definition) is 4. The smallest absolute Gasteiger partial charge is 0.209 e. The molecule has 0 spiro atoms. The summed E-state index contributed by atoms with van der Waals surface area (Å²) < 4.78 is 30.5. The summed E-state index contributed by atoms with van der Waals surface area (Å²) in [5, 5.41) is 0. The molecule has 0 aromatic heterocycles. The molecular formula is C10H10BrNO4S. The van der Waals surface area contributed by atoms with Gasteiger partial charge < -0.3 is 4.74 Å². The van der Waals surface area contributed by atoms with Gasteiger partial charge in [-0.1, -0.05) is 15.9 Å². The van der Waals surface area contributed by atoms with E-state index in [2.05, 4.69) is 20.7 Å². The molecule has 0 saturated heterocycles. The first-order chi connectivity index (χ1) is 7.87. The molecule has 1 aromatic rings. The quantitative estimate of drug-likeness (QED) is 0.880. The zero-order chi connectivity index (χ0) is 12.6. The van der Waals surface area contributed by atoms with Crippen molar-refractivity contribution in [3.63, 3.8) is 0 Å². The maximum absolute atomic E-state index is 12.0. The molecule has 0 radical (unpaired) electrons. The second-order valence-electron chi connectivity index (χ2n) is 3.76. The Hall–Kier alpha value is -0.920. The number of carbonyl (C=O) groups excluding carboxylic acids is 1. The number of fused-ring (bicyclic) bond motifs is 1. The Labute approximate surface area is 107 Å². The molecule has 5 nitrogen and oxygen atoms in total. The molecule has 0 bridgehead atoms. The van der Waals surface area contributed by atoms with E-state index in [1.165, 1.54) is 0 Å². The maximum Gasteiger partial charge on any atom is 0.209 e. The Morgan fingerprint density at radius 1 is 1.47 bits per heavy atom. The Balaban J connectivity index is 2.32. The largest absolute Gasteiger partial charge is 0.491 e. The monoisotopic (exact) mass is 319 g/mol. The highest BCUT2D eigenvalue weighted by molar-refractivity contribution is 9.10. The van der Waals surface area contributed by atoms with Crippen molar-refractivity contribution in [1.82, 2.24) is 4.72 Å². The lowest BCUT2D eigenvalue weighted by atomic mass is 10.0. The summed E-state index contributed by atoms with van der Waals surface area (Å²) in [4.78, 5) is 12.0. The molecule has 1 aliphatic heterocycles. The molecule has 92 valence electrons. The van der Waals surface area contributed by atoms with E-state index in [9.17, 15) is 13.2 Å². The van der Waals surface area contributed by atoms with Crippen LogP contribution in [0.3, 0.4) is 0 Å². The fraction of sp³-hybridized carbons (Fsp3) is 0.300. The molecule has 2 rings (SSSR count). The van der Waals surface area contributed by atoms with Crippen molar-refractivity contribution in [2.75, 3.05) is 12.9 Å². The highest BCUT2D eigenvalue weighted by Crippen LogP contribution is 2.27. The number of Topliss-reactive ketones (excluding diaryl/α,β-unsaturated/α-hetero) is 1. The van der Waals surface area contributed by atoms with Gasteiger partial charge in [0, 0.05) is 4.47 Å². The summed E-state index contributed by atoms with van der Waals surface area (Å²) >= 11 is 3.25. The van der Waals surface area contributed by atoms with E-state index in [1.54, 1.807) is 18.2 Å². The molecule has 1 heterocycles. The predicted molar refractivity (Wildman–Crippen MR) is 65.7 cm³/mol. The van der Waals surface area contributed by atoms with Gasteiger partial charge in [-0.25, -0.2) is 13.1 Å². The third kappa shape index (κ3) is 2.85. The van der Waals surface area contributed by atoms with Gasteiger partial charge in [0.1, 0.15) is 18.4 Å². The second kappa shape index (κ2) is 4.40. The third-order valence-corrected chi connectivity index (χ3v) is 3.49. The summed E-state index contributed by atoms with van der Waals surface area (Å²) in [7, 11) is -3.43. The van der Waals surface area contributed by atoms with Crippen LogP contribution in [0.2, 0.25) is 0 Å². The van der Waals surface area contributed by atoms with E-state index in [4.69, 9.17) is 4.74 Å². The summed E-state index contributed by atoms with van der Waals surface area (Å²) in [6.45, 7) is 0.0144. The van der Waals surface area contributed by atoms with Crippen molar-refractivity contribution in [2.24, 2.45) is 0 Å². The summed E-state index contributed by atoms with van der Waals surface area (Å²) in [5.41, 5.74) is 0.381. The average Bonchev–Trinajstić information content (AvgIpc) is 2.21. The molecule has 1 unspecified atom stereocenters. The van der Waals surface area contributed by atoms with Gasteiger partial charge in [-0.15, -0.1) is 0 Å². The standard InChI is InChI=1S/C10H10BrNO4S/c1-17(14,15)12-8-5-16-9-3-2-6(11)4-7(9)10(8)13/h2-4,8,12H,5H2,1H3. The first kappa shape index (κ1) is 12.5. The van der Waals surface area contributed by atoms with Crippen molar-refractivity contribution in [1.29, 1.82) is 0 Å². The highest BCUT2D eigenvalue weighted by Gasteiger charge is 2.30. The number of ether oxygens (including phenoxy) is 1. The summed E-state index contributed by atoms with van der Waals surface area (Å²) in [5.74, 6) is 0.197. The molecule has 1 aliphatic rings. The number of halogens is 1. The van der Waals surface area contributed by atoms with E-state index in [1.807, 2.05) is 0 Å². The highest BCUT2D eigenvalue weighted by atomic mass is 79.9. The average molecular weight is 320 g/mol. The zero-order valence-electron chi connectivity index (χ0n) is 8.94. The lowest BCUT2D eigenvalue weighted by Crippen LogP contribution is -2.46. The van der Waals surface area contributed by atoms with Crippen LogP contribution in [0, 0.1) is 0 Å². The van der Waals surface area contributed by atoms with Crippen molar-refractivity contribution >= 4 is 31.7 Å². The normalized spacial score (nSPS) is 19.6. The third-order valence-electron chi connectivity index (χ3n) is 2.29. The molecule has 1 atom stereocenters. The fourth-order valence-electron chi connectivity index (χ4n) is 1.60. The number of nitrogens with one attached hydrogen (secondary N) is 1. The van der Waals surface area contributed by atoms with Gasteiger partial charge in [-0.2, -0.15) is 0 Å². The van der Waals surface area contributed by atoms with Crippen LogP contribution in [0.5, 0.6) is 5.75 Å². The molecule has 0 fully saturated rings. The minimum Gasteiger partial charge on any atom is -0.491 e. The van der Waals surface area contributed by atoms with E-state index in [0.29, 0.717) is 11.3 Å². The molecule has 7 heteroatoms. The molecule has 1 N–H and O–H groups in total. The number of hydrogen-bond donors (Lipinski definition) is 1. The van der Waals surface area contributed by atoms with Crippen LogP contribution in [-0.4, -0.2) is 33.1 Å². The van der Waals surface area contributed by atoms with Crippen LogP contribution in [0.4, 0.5) is 0 Å². The molecular weight excluding hydrogens is 310 g/mol. The summed E-state index contributed by atoms with van der Waals surface area (Å²) in [6, 6.07) is 4.20. The number of carbonyl (C=O) groups is 1. The Morgan fingerprint density at radius 2 is 2.18 bits per heavy atom. The van der Waals surface area contributed by atoms with Crippen LogP contribution in [0.25, 0.3) is 0 Å². The first-order valence-electron chi connectivity index (χ1n) is 4.81. The van der Waals surface area contributed by atoms with E-state index in [-0.39, 0.29) is 12.4 Å². The Kier molecular flexibility index (Phi) is 3.24. The number of sulfonamides is 1. The van der Waals surface area contributed by atoms with E-state index in [0.717, 1.165) is 10.7 Å². The number of benzene rings is 1. The predicted octanol–water partition coefficient (Wildman–Crippen LogP) is 0.942. The van der Waals surface area contributed by atoms with Gasteiger partial charge in [-0.05, 0) is 18.2 Å². The lowest BCUT2D eigenvalue weighted by molar-refractivity contribution is 0.0887. The molecule has 0 saturated carbocycles. The van der Waals surface area contributed by atoms with Crippen molar-refractivity contribution in [2.45, 2.75) is 6.04 Å². The van der Waals surface area contributed by atoms with Gasteiger partial charge in [0.25, 0.3) is 0 Å². The minimum atomic E-state index is -3.43. The van der Waals surface area contributed by atoms with Crippen molar-refractivity contribution in [3.8, 4) is 5.75 Å². The first-order valence-corrected chi connectivity index (χ1v) is 7.49. The Morgan fingerprint density at radius 3 is 2.82 bits per heavy atom. The molecule has 0 amide bonds. The molecule has 1 aromatic carbocycles. The van der Waals surface area contributed by atoms with Crippen LogP contribution in [-0.2, 0) is 10.0 Å². The minimum absolute atomic E-state index is 0.0144. The topological polar surface area (TPSA) is 72.5 Å².